The first-order valence-corrected chi connectivity index (χ1v) is 6.80. The Hall–Kier alpha value is -2.43. The minimum absolute atomic E-state index is 0.347. The number of likely N-dealkylation sites (tertiary alicyclic amines) is 1. The lowest BCUT2D eigenvalue weighted by atomic mass is 10.0. The van der Waals surface area contributed by atoms with Gasteiger partial charge in [-0.1, -0.05) is 24.3 Å². The van der Waals surface area contributed by atoms with E-state index in [1.807, 2.05) is 0 Å². The van der Waals surface area contributed by atoms with E-state index in [1.165, 1.54) is 17.0 Å². The van der Waals surface area contributed by atoms with Crippen LogP contribution in [0.25, 0.3) is 10.8 Å². The molecule has 0 unspecified atom stereocenters. The van der Waals surface area contributed by atoms with Crippen molar-refractivity contribution in [3.63, 3.8) is 0 Å². The van der Waals surface area contributed by atoms with Crippen LogP contribution in [-0.4, -0.2) is 34.5 Å². The molecule has 1 aliphatic heterocycles. The highest BCUT2D eigenvalue weighted by molar-refractivity contribution is 6.08. The van der Waals surface area contributed by atoms with Crippen LogP contribution in [0.2, 0.25) is 0 Å². The van der Waals surface area contributed by atoms with E-state index in [1.54, 1.807) is 24.3 Å². The van der Waals surface area contributed by atoms with Crippen molar-refractivity contribution < 1.29 is 19.1 Å². The van der Waals surface area contributed by atoms with E-state index in [9.17, 15) is 19.1 Å². The van der Waals surface area contributed by atoms with Crippen LogP contribution in [0.15, 0.2) is 36.4 Å². The van der Waals surface area contributed by atoms with Gasteiger partial charge in [0.2, 0.25) is 0 Å². The first-order chi connectivity index (χ1) is 10.1. The quantitative estimate of drug-likeness (QED) is 0.923. The van der Waals surface area contributed by atoms with E-state index in [0.29, 0.717) is 35.7 Å². The number of carbonyl (C=O) groups excluding carboxylic acids is 1. The average Bonchev–Trinajstić information content (AvgIpc) is 2.97. The molecule has 0 aromatic heterocycles. The zero-order chi connectivity index (χ0) is 15.0. The summed E-state index contributed by atoms with van der Waals surface area (Å²) in [6.45, 7) is 0.418. The van der Waals surface area contributed by atoms with Crippen molar-refractivity contribution in [3.8, 4) is 0 Å². The van der Waals surface area contributed by atoms with Gasteiger partial charge in [-0.3, -0.25) is 4.79 Å². The third kappa shape index (κ3) is 2.24. The molecule has 1 saturated heterocycles. The Kier molecular flexibility index (Phi) is 3.33. The van der Waals surface area contributed by atoms with Gasteiger partial charge in [-0.2, -0.15) is 0 Å². The minimum Gasteiger partial charge on any atom is -0.480 e. The third-order valence-electron chi connectivity index (χ3n) is 3.90. The van der Waals surface area contributed by atoms with Crippen LogP contribution >= 0.6 is 0 Å². The monoisotopic (exact) mass is 287 g/mol. The molecule has 0 bridgehead atoms. The lowest BCUT2D eigenvalue weighted by Crippen LogP contribution is -2.40. The molecule has 21 heavy (non-hydrogen) atoms. The van der Waals surface area contributed by atoms with E-state index < -0.39 is 17.8 Å². The first kappa shape index (κ1) is 13.5. The zero-order valence-corrected chi connectivity index (χ0v) is 11.3. The van der Waals surface area contributed by atoms with E-state index in [2.05, 4.69) is 0 Å². The van der Waals surface area contributed by atoms with Gasteiger partial charge in [0.15, 0.2) is 0 Å². The lowest BCUT2D eigenvalue weighted by molar-refractivity contribution is -0.141. The summed E-state index contributed by atoms with van der Waals surface area (Å²) >= 11 is 0. The fraction of sp³-hybridized carbons (Fsp3) is 0.250. The zero-order valence-electron chi connectivity index (χ0n) is 11.3. The van der Waals surface area contributed by atoms with Gasteiger partial charge in [0.1, 0.15) is 11.9 Å². The second-order valence-electron chi connectivity index (χ2n) is 5.14. The van der Waals surface area contributed by atoms with Crippen molar-refractivity contribution >= 4 is 22.6 Å². The van der Waals surface area contributed by atoms with E-state index in [-0.39, 0.29) is 5.91 Å². The molecule has 0 saturated carbocycles. The summed E-state index contributed by atoms with van der Waals surface area (Å²) in [5.74, 6) is -1.73. The fourth-order valence-electron chi connectivity index (χ4n) is 2.87. The van der Waals surface area contributed by atoms with Crippen LogP contribution in [0, 0.1) is 5.82 Å². The smallest absolute Gasteiger partial charge is 0.326 e. The Morgan fingerprint density at radius 2 is 1.86 bits per heavy atom. The van der Waals surface area contributed by atoms with Crippen LogP contribution in [0.3, 0.4) is 0 Å². The highest BCUT2D eigenvalue weighted by atomic mass is 19.1. The molecule has 4 nitrogen and oxygen atoms in total. The normalized spacial score (nSPS) is 18.1. The summed E-state index contributed by atoms with van der Waals surface area (Å²) in [7, 11) is 0. The van der Waals surface area contributed by atoms with Gasteiger partial charge in [-0.15, -0.1) is 0 Å². The molecule has 0 radical (unpaired) electrons. The molecule has 0 spiro atoms. The van der Waals surface area contributed by atoms with E-state index >= 15 is 0 Å². The molecule has 1 heterocycles. The lowest BCUT2D eigenvalue weighted by Gasteiger charge is -2.22. The summed E-state index contributed by atoms with van der Waals surface area (Å²) in [4.78, 5) is 25.2. The largest absolute Gasteiger partial charge is 0.480 e. The molecule has 108 valence electrons. The maximum Gasteiger partial charge on any atom is 0.326 e. The number of hydrogen-bond acceptors (Lipinski definition) is 2. The van der Waals surface area contributed by atoms with Gasteiger partial charge < -0.3 is 10.0 Å². The molecular weight excluding hydrogens is 273 g/mol. The number of benzene rings is 2. The number of carboxylic acids is 1. The molecule has 2 aromatic carbocycles. The van der Waals surface area contributed by atoms with Crippen molar-refractivity contribution in [1.82, 2.24) is 4.90 Å². The molecule has 5 heteroatoms. The molecule has 3 rings (SSSR count). The van der Waals surface area contributed by atoms with Gasteiger partial charge in [0.25, 0.3) is 5.91 Å². The van der Waals surface area contributed by atoms with Crippen LogP contribution in [-0.2, 0) is 4.79 Å². The molecule has 1 N–H and O–H groups in total. The molecule has 1 fully saturated rings. The third-order valence-corrected chi connectivity index (χ3v) is 3.90. The Bertz CT molecular complexity index is 729. The van der Waals surface area contributed by atoms with E-state index in [0.717, 1.165) is 0 Å². The van der Waals surface area contributed by atoms with E-state index in [4.69, 9.17) is 0 Å². The molecule has 1 amide bonds. The highest BCUT2D eigenvalue weighted by Crippen LogP contribution is 2.26. The number of rotatable bonds is 2. The predicted molar refractivity (Wildman–Crippen MR) is 75.6 cm³/mol. The molecule has 1 aliphatic rings. The number of halogens is 1. The Balaban J connectivity index is 2.06. The highest BCUT2D eigenvalue weighted by Gasteiger charge is 2.34. The topological polar surface area (TPSA) is 57.6 Å². The van der Waals surface area contributed by atoms with Gasteiger partial charge in [-0.05, 0) is 30.4 Å². The number of aliphatic carboxylic acids is 1. The average molecular weight is 287 g/mol. The van der Waals surface area contributed by atoms with Crippen LogP contribution < -0.4 is 0 Å². The maximum absolute atomic E-state index is 13.8. The molecule has 0 aliphatic carbocycles. The summed E-state index contributed by atoms with van der Waals surface area (Å²) in [6, 6.07) is 8.62. The number of carbonyl (C=O) groups is 2. The van der Waals surface area contributed by atoms with Gasteiger partial charge in [0.05, 0.1) is 0 Å². The minimum atomic E-state index is -0.993. The Labute approximate surface area is 120 Å². The predicted octanol–water partition coefficient (Wildman–Crippen LogP) is 2.67. The number of fused-ring (bicyclic) bond motifs is 1. The number of nitrogens with zero attached hydrogens (tertiary/aromatic N) is 1. The summed E-state index contributed by atoms with van der Waals surface area (Å²) in [6.07, 6.45) is 1.13. The van der Waals surface area contributed by atoms with Crippen LogP contribution in [0.1, 0.15) is 23.2 Å². The SMILES string of the molecule is O=C(O)[C@@H]1CCCN1C(=O)c1ccc(F)c2ccccc12. The van der Waals surface area contributed by atoms with Crippen LogP contribution in [0.5, 0.6) is 0 Å². The number of hydrogen-bond donors (Lipinski definition) is 1. The summed E-state index contributed by atoms with van der Waals surface area (Å²) < 4.78 is 13.8. The van der Waals surface area contributed by atoms with Crippen molar-refractivity contribution in [2.45, 2.75) is 18.9 Å². The number of amides is 1. The van der Waals surface area contributed by atoms with Crippen molar-refractivity contribution in [1.29, 1.82) is 0 Å². The molecular formula is C16H14FNO3. The van der Waals surface area contributed by atoms with Crippen molar-refractivity contribution in [2.24, 2.45) is 0 Å². The Morgan fingerprint density at radius 1 is 1.14 bits per heavy atom. The van der Waals surface area contributed by atoms with Crippen LogP contribution in [0.4, 0.5) is 4.39 Å². The standard InChI is InChI=1S/C16H14FNO3/c17-13-8-7-12(10-4-1-2-5-11(10)13)15(19)18-9-3-6-14(18)16(20)21/h1-2,4-5,7-8,14H,3,6,9H2,(H,20,21)/t14-/m0/s1. The van der Waals surface area contributed by atoms with Gasteiger partial charge in [-0.25, -0.2) is 9.18 Å². The van der Waals surface area contributed by atoms with Gasteiger partial charge in [0, 0.05) is 17.5 Å². The second kappa shape index (κ2) is 5.16. The second-order valence-corrected chi connectivity index (χ2v) is 5.14. The first-order valence-electron chi connectivity index (χ1n) is 6.80. The van der Waals surface area contributed by atoms with Crippen molar-refractivity contribution in [2.75, 3.05) is 6.54 Å². The summed E-state index contributed by atoms with van der Waals surface area (Å²) in [5.41, 5.74) is 0.347. The molecule has 1 atom stereocenters. The fourth-order valence-corrected chi connectivity index (χ4v) is 2.87. The number of carboxylic acid groups (broad SMARTS) is 1. The Morgan fingerprint density at radius 3 is 2.57 bits per heavy atom. The van der Waals surface area contributed by atoms with Crippen molar-refractivity contribution in [3.05, 3.63) is 47.8 Å². The summed E-state index contributed by atoms with van der Waals surface area (Å²) in [5, 5.41) is 10.1. The molecule has 2 aromatic rings. The maximum atomic E-state index is 13.8. The van der Waals surface area contributed by atoms with Gasteiger partial charge >= 0.3 is 5.97 Å².